The molecule has 0 saturated carbocycles. The lowest BCUT2D eigenvalue weighted by molar-refractivity contribution is 0.229. The third kappa shape index (κ3) is 4.47. The molecule has 1 fully saturated rings. The second-order valence-corrected chi connectivity index (χ2v) is 4.99. The Balaban J connectivity index is 1.80. The van der Waals surface area contributed by atoms with Crippen LogP contribution in [0.2, 0.25) is 0 Å². The van der Waals surface area contributed by atoms with Crippen LogP contribution in [0.1, 0.15) is 26.2 Å². The molecule has 1 aliphatic heterocycles. The van der Waals surface area contributed by atoms with Crippen molar-refractivity contribution < 1.29 is 4.74 Å². The van der Waals surface area contributed by atoms with Gasteiger partial charge in [-0.05, 0) is 38.3 Å². The minimum absolute atomic E-state index is 0.0331. The average molecular weight is 261 g/mol. The van der Waals surface area contributed by atoms with Gasteiger partial charge < -0.3 is 15.4 Å². The summed E-state index contributed by atoms with van der Waals surface area (Å²) in [5.41, 5.74) is 6.01. The Kier molecular flexibility index (Phi) is 5.07. The molecule has 1 heterocycles. The Morgan fingerprint density at radius 1 is 1.26 bits per heavy atom. The maximum absolute atomic E-state index is 6.01. The smallest absolute Gasteiger partial charge is 0.191 e. The number of hydrogen-bond acceptors (Lipinski definition) is 2. The van der Waals surface area contributed by atoms with Crippen LogP contribution < -0.4 is 10.5 Å². The highest BCUT2D eigenvalue weighted by atomic mass is 16.5. The zero-order chi connectivity index (χ0) is 13.5. The Bertz CT molecular complexity index is 399. The number of guanidine groups is 1. The first-order chi connectivity index (χ1) is 9.25. The number of piperidine rings is 1. The van der Waals surface area contributed by atoms with Crippen molar-refractivity contribution in [3.05, 3.63) is 30.3 Å². The molecule has 0 aromatic heterocycles. The van der Waals surface area contributed by atoms with Gasteiger partial charge in [-0.1, -0.05) is 18.2 Å². The fourth-order valence-electron chi connectivity index (χ4n) is 2.21. The summed E-state index contributed by atoms with van der Waals surface area (Å²) < 4.78 is 5.77. The summed E-state index contributed by atoms with van der Waals surface area (Å²) in [4.78, 5) is 6.60. The second kappa shape index (κ2) is 7.02. The number of hydrogen-bond donors (Lipinski definition) is 1. The molecule has 0 bridgehead atoms. The van der Waals surface area contributed by atoms with Gasteiger partial charge in [-0.3, -0.25) is 0 Å². The number of nitrogens with zero attached hydrogens (tertiary/aromatic N) is 2. The molecular weight excluding hydrogens is 238 g/mol. The third-order valence-corrected chi connectivity index (χ3v) is 3.27. The van der Waals surface area contributed by atoms with E-state index in [4.69, 9.17) is 10.5 Å². The van der Waals surface area contributed by atoms with Gasteiger partial charge in [0.1, 0.15) is 11.9 Å². The molecule has 1 unspecified atom stereocenters. The first-order valence-corrected chi connectivity index (χ1v) is 7.02. The summed E-state index contributed by atoms with van der Waals surface area (Å²) in [6.45, 7) is 4.67. The first kappa shape index (κ1) is 13.7. The van der Waals surface area contributed by atoms with Crippen molar-refractivity contribution in [1.82, 2.24) is 4.90 Å². The number of aliphatic imine (C=N–C) groups is 1. The fourth-order valence-corrected chi connectivity index (χ4v) is 2.21. The van der Waals surface area contributed by atoms with Gasteiger partial charge in [-0.25, -0.2) is 4.99 Å². The van der Waals surface area contributed by atoms with Crippen LogP contribution in [0.15, 0.2) is 35.3 Å². The standard InChI is InChI=1S/C15H23N3O/c1-13(19-14-8-4-2-5-9-14)12-17-15(16)18-10-6-3-7-11-18/h2,4-5,8-9,13H,3,6-7,10-12H2,1H3,(H2,16,17). The van der Waals surface area contributed by atoms with Crippen LogP contribution in [0.5, 0.6) is 5.75 Å². The Morgan fingerprint density at radius 2 is 1.95 bits per heavy atom. The van der Waals surface area contributed by atoms with Gasteiger partial charge >= 0.3 is 0 Å². The predicted octanol–water partition coefficient (Wildman–Crippen LogP) is 2.25. The van der Waals surface area contributed by atoms with Crippen LogP contribution in [0, 0.1) is 0 Å². The lowest BCUT2D eigenvalue weighted by Crippen LogP contribution is -2.41. The van der Waals surface area contributed by atoms with E-state index < -0.39 is 0 Å². The van der Waals surface area contributed by atoms with Gasteiger partial charge in [-0.2, -0.15) is 0 Å². The van der Waals surface area contributed by atoms with E-state index in [-0.39, 0.29) is 6.10 Å². The molecular formula is C15H23N3O. The summed E-state index contributed by atoms with van der Waals surface area (Å²) in [7, 11) is 0. The Hall–Kier alpha value is -1.71. The lowest BCUT2D eigenvalue weighted by Gasteiger charge is -2.27. The van der Waals surface area contributed by atoms with Crippen molar-refractivity contribution in [3.63, 3.8) is 0 Å². The van der Waals surface area contributed by atoms with Gasteiger partial charge in [0.05, 0.1) is 6.54 Å². The van der Waals surface area contributed by atoms with Gasteiger partial charge in [0, 0.05) is 13.1 Å². The first-order valence-electron chi connectivity index (χ1n) is 7.02. The van der Waals surface area contributed by atoms with E-state index >= 15 is 0 Å². The zero-order valence-electron chi connectivity index (χ0n) is 11.6. The van der Waals surface area contributed by atoms with E-state index in [1.165, 1.54) is 19.3 Å². The van der Waals surface area contributed by atoms with Crippen molar-refractivity contribution in [2.24, 2.45) is 10.7 Å². The van der Waals surface area contributed by atoms with Crippen molar-refractivity contribution in [1.29, 1.82) is 0 Å². The molecule has 4 heteroatoms. The molecule has 2 N–H and O–H groups in total. The van der Waals surface area contributed by atoms with Crippen LogP contribution in [0.25, 0.3) is 0 Å². The van der Waals surface area contributed by atoms with Crippen LogP contribution in [-0.4, -0.2) is 36.6 Å². The lowest BCUT2D eigenvalue weighted by atomic mass is 10.1. The molecule has 104 valence electrons. The number of rotatable bonds is 4. The molecule has 1 aromatic carbocycles. The van der Waals surface area contributed by atoms with E-state index in [2.05, 4.69) is 9.89 Å². The normalized spacial score (nSPS) is 18.2. The fraction of sp³-hybridized carbons (Fsp3) is 0.533. The van der Waals surface area contributed by atoms with Crippen molar-refractivity contribution in [2.45, 2.75) is 32.3 Å². The monoisotopic (exact) mass is 261 g/mol. The Morgan fingerprint density at radius 3 is 2.63 bits per heavy atom. The number of nitrogens with two attached hydrogens (primary N) is 1. The zero-order valence-corrected chi connectivity index (χ0v) is 11.6. The highest BCUT2D eigenvalue weighted by Crippen LogP contribution is 2.11. The highest BCUT2D eigenvalue weighted by molar-refractivity contribution is 5.78. The molecule has 1 aromatic rings. The van der Waals surface area contributed by atoms with Crippen LogP contribution in [0.3, 0.4) is 0 Å². The molecule has 0 radical (unpaired) electrons. The van der Waals surface area contributed by atoms with Gasteiger partial charge in [-0.15, -0.1) is 0 Å². The molecule has 19 heavy (non-hydrogen) atoms. The third-order valence-electron chi connectivity index (χ3n) is 3.27. The minimum Gasteiger partial charge on any atom is -0.489 e. The number of para-hydroxylation sites is 1. The van der Waals surface area contributed by atoms with E-state index in [1.54, 1.807) is 0 Å². The maximum Gasteiger partial charge on any atom is 0.191 e. The summed E-state index contributed by atoms with van der Waals surface area (Å²) in [5, 5.41) is 0. The van der Waals surface area contributed by atoms with Crippen LogP contribution >= 0.6 is 0 Å². The number of ether oxygens (including phenoxy) is 1. The molecule has 1 aliphatic rings. The summed E-state index contributed by atoms with van der Waals surface area (Å²) in [6.07, 6.45) is 3.77. The maximum atomic E-state index is 6.01. The van der Waals surface area contributed by atoms with Gasteiger partial charge in [0.2, 0.25) is 0 Å². The summed E-state index contributed by atoms with van der Waals surface area (Å²) >= 11 is 0. The average Bonchev–Trinajstić information content (AvgIpc) is 2.47. The number of benzene rings is 1. The van der Waals surface area contributed by atoms with Gasteiger partial charge in [0.25, 0.3) is 0 Å². The van der Waals surface area contributed by atoms with Crippen molar-refractivity contribution in [3.8, 4) is 5.75 Å². The second-order valence-electron chi connectivity index (χ2n) is 4.99. The highest BCUT2D eigenvalue weighted by Gasteiger charge is 2.12. The Labute approximate surface area is 115 Å². The molecule has 1 atom stereocenters. The van der Waals surface area contributed by atoms with E-state index in [9.17, 15) is 0 Å². The van der Waals surface area contributed by atoms with Crippen molar-refractivity contribution in [2.75, 3.05) is 19.6 Å². The summed E-state index contributed by atoms with van der Waals surface area (Å²) in [5.74, 6) is 1.53. The predicted molar refractivity (Wildman–Crippen MR) is 78.4 cm³/mol. The molecule has 1 saturated heterocycles. The van der Waals surface area contributed by atoms with E-state index in [0.29, 0.717) is 12.5 Å². The molecule has 4 nitrogen and oxygen atoms in total. The molecule has 0 spiro atoms. The van der Waals surface area contributed by atoms with E-state index in [1.807, 2.05) is 37.3 Å². The van der Waals surface area contributed by atoms with E-state index in [0.717, 1.165) is 18.8 Å². The SMILES string of the molecule is CC(CN=C(N)N1CCCCC1)Oc1ccccc1. The van der Waals surface area contributed by atoms with Gasteiger partial charge in [0.15, 0.2) is 5.96 Å². The van der Waals surface area contributed by atoms with Crippen LogP contribution in [0.4, 0.5) is 0 Å². The number of likely N-dealkylation sites (tertiary alicyclic amines) is 1. The molecule has 0 aliphatic carbocycles. The molecule has 0 amide bonds. The quantitative estimate of drug-likeness (QED) is 0.668. The summed E-state index contributed by atoms with van der Waals surface area (Å²) in [6, 6.07) is 9.81. The van der Waals surface area contributed by atoms with Crippen LogP contribution in [-0.2, 0) is 0 Å². The largest absolute Gasteiger partial charge is 0.489 e. The van der Waals surface area contributed by atoms with Crippen molar-refractivity contribution >= 4 is 5.96 Å². The minimum atomic E-state index is 0.0331. The topological polar surface area (TPSA) is 50.8 Å². The molecule has 2 rings (SSSR count).